The van der Waals surface area contributed by atoms with Crippen molar-refractivity contribution in [2.75, 3.05) is 12.3 Å². The molecule has 1 aliphatic carbocycles. The Morgan fingerprint density at radius 3 is 3.04 bits per heavy atom. The highest BCUT2D eigenvalue weighted by Crippen LogP contribution is 2.38. The summed E-state index contributed by atoms with van der Waals surface area (Å²) >= 11 is 1.51. The molecule has 5 N–H and O–H groups in total. The molecule has 23 heavy (non-hydrogen) atoms. The van der Waals surface area contributed by atoms with E-state index in [1.54, 1.807) is 0 Å². The number of pyridine rings is 1. The predicted molar refractivity (Wildman–Crippen MR) is 90.6 cm³/mol. The van der Waals surface area contributed by atoms with Gasteiger partial charge in [-0.2, -0.15) is 5.26 Å². The summed E-state index contributed by atoms with van der Waals surface area (Å²) in [5.41, 5.74) is 16.1. The van der Waals surface area contributed by atoms with Gasteiger partial charge in [0.15, 0.2) is 0 Å². The maximum atomic E-state index is 9.52. The fourth-order valence-electron chi connectivity index (χ4n) is 2.86. The first-order valence-corrected chi connectivity index (χ1v) is 8.17. The first kappa shape index (κ1) is 15.5. The predicted octanol–water partition coefficient (Wildman–Crippen LogP) is 1.42. The van der Waals surface area contributed by atoms with Crippen LogP contribution in [-0.2, 0) is 12.8 Å². The number of hydrogen-bond donors (Lipinski definition) is 3. The number of hydrogen-bond acceptors (Lipinski definition) is 6. The average Bonchev–Trinajstić information content (AvgIpc) is 3.00. The van der Waals surface area contributed by atoms with E-state index in [4.69, 9.17) is 16.6 Å². The first-order chi connectivity index (χ1) is 11.1. The largest absolute Gasteiger partial charge is 0.384 e. The average molecular weight is 324 g/mol. The van der Waals surface area contributed by atoms with E-state index in [0.717, 1.165) is 40.1 Å². The van der Waals surface area contributed by atoms with Crippen molar-refractivity contribution in [1.82, 2.24) is 4.98 Å². The van der Waals surface area contributed by atoms with Crippen LogP contribution in [-0.4, -0.2) is 22.7 Å². The van der Waals surface area contributed by atoms with Crippen LogP contribution in [0.4, 0.5) is 5.82 Å². The van der Waals surface area contributed by atoms with E-state index in [1.165, 1.54) is 11.3 Å². The number of aryl methyl sites for hydroxylation is 1. The summed E-state index contributed by atoms with van der Waals surface area (Å²) < 4.78 is 0. The zero-order valence-corrected chi connectivity index (χ0v) is 13.3. The number of nitrogens with zero attached hydrogens (tertiary/aromatic N) is 2. The maximum absolute atomic E-state index is 9.52. The van der Waals surface area contributed by atoms with Crippen LogP contribution in [0.1, 0.15) is 28.8 Å². The van der Waals surface area contributed by atoms with Gasteiger partial charge in [-0.15, -0.1) is 11.3 Å². The van der Waals surface area contributed by atoms with Gasteiger partial charge in [0.2, 0.25) is 0 Å². The lowest BCUT2D eigenvalue weighted by Crippen LogP contribution is -2.29. The Balaban J connectivity index is 2.19. The van der Waals surface area contributed by atoms with Crippen LogP contribution in [0.15, 0.2) is 11.4 Å². The van der Waals surface area contributed by atoms with E-state index in [-0.39, 0.29) is 18.5 Å². The number of rotatable bonds is 1. The summed E-state index contributed by atoms with van der Waals surface area (Å²) in [6.07, 6.45) is 2.35. The summed E-state index contributed by atoms with van der Waals surface area (Å²) in [5, 5.41) is 20.2. The lowest BCUT2D eigenvalue weighted by Gasteiger charge is -2.24. The zero-order valence-electron chi connectivity index (χ0n) is 12.5. The van der Waals surface area contributed by atoms with Gasteiger partial charge in [-0.3, -0.25) is 0 Å². The Hall–Kier alpha value is -2.38. The minimum Gasteiger partial charge on any atom is -0.384 e. The third-order valence-corrected chi connectivity index (χ3v) is 4.85. The third-order valence-electron chi connectivity index (χ3n) is 3.90. The van der Waals surface area contributed by atoms with E-state index in [9.17, 15) is 5.26 Å². The van der Waals surface area contributed by atoms with Crippen molar-refractivity contribution < 1.29 is 5.11 Å². The standard InChI is InChI=1S/C17H16N4OS/c18-8-13-16(15-6-10(9-23-15)2-1-5-22)12-7-11(19)3-4-14(12)21-17(13)20/h6,9,11,22H,3-5,7,19H2,(H2,20,21). The second kappa shape index (κ2) is 6.39. The van der Waals surface area contributed by atoms with E-state index in [2.05, 4.69) is 22.9 Å². The van der Waals surface area contributed by atoms with Crippen molar-refractivity contribution in [2.24, 2.45) is 5.73 Å². The fraction of sp³-hybridized carbons (Fsp3) is 0.294. The third kappa shape index (κ3) is 2.93. The normalized spacial score (nSPS) is 16.1. The van der Waals surface area contributed by atoms with Crippen molar-refractivity contribution in [2.45, 2.75) is 25.3 Å². The minimum atomic E-state index is -0.179. The Kier molecular flexibility index (Phi) is 4.31. The van der Waals surface area contributed by atoms with Crippen LogP contribution in [0.3, 0.4) is 0 Å². The lowest BCUT2D eigenvalue weighted by atomic mass is 9.86. The van der Waals surface area contributed by atoms with E-state index in [0.29, 0.717) is 12.0 Å². The minimum absolute atomic E-state index is 0.0758. The molecule has 2 aromatic rings. The van der Waals surface area contributed by atoms with Crippen LogP contribution < -0.4 is 11.5 Å². The molecule has 2 aromatic heterocycles. The van der Waals surface area contributed by atoms with Gasteiger partial charge in [0, 0.05) is 33.1 Å². The second-order valence-corrected chi connectivity index (χ2v) is 6.36. The van der Waals surface area contributed by atoms with E-state index < -0.39 is 0 Å². The Morgan fingerprint density at radius 1 is 1.48 bits per heavy atom. The van der Waals surface area contributed by atoms with Gasteiger partial charge in [-0.25, -0.2) is 4.98 Å². The molecule has 0 spiro atoms. The van der Waals surface area contributed by atoms with Crippen molar-refractivity contribution in [3.05, 3.63) is 33.8 Å². The molecule has 5 nitrogen and oxygen atoms in total. The molecular formula is C17H16N4OS. The molecule has 1 aliphatic rings. The molecule has 3 rings (SSSR count). The summed E-state index contributed by atoms with van der Waals surface area (Å²) in [4.78, 5) is 5.34. The molecule has 6 heteroatoms. The number of aromatic nitrogens is 1. The molecule has 2 heterocycles. The van der Waals surface area contributed by atoms with E-state index >= 15 is 0 Å². The highest BCUT2D eigenvalue weighted by Gasteiger charge is 2.25. The summed E-state index contributed by atoms with van der Waals surface area (Å²) in [6, 6.07) is 4.18. The molecule has 0 saturated heterocycles. The number of aliphatic hydroxyl groups is 1. The highest BCUT2D eigenvalue weighted by atomic mass is 32.1. The number of aliphatic hydroxyl groups excluding tert-OH is 1. The van der Waals surface area contributed by atoms with Crippen molar-refractivity contribution in [1.29, 1.82) is 5.26 Å². The molecule has 0 aromatic carbocycles. The summed E-state index contributed by atoms with van der Waals surface area (Å²) in [6.45, 7) is -0.179. The van der Waals surface area contributed by atoms with E-state index in [1.807, 2.05) is 11.4 Å². The van der Waals surface area contributed by atoms with Crippen LogP contribution in [0, 0.1) is 23.2 Å². The molecular weight excluding hydrogens is 308 g/mol. The van der Waals surface area contributed by atoms with Gasteiger partial charge < -0.3 is 16.6 Å². The SMILES string of the molecule is N#Cc1c(N)nc2c(c1-c1cc(C#CCO)cs1)CC(N)CC2. The molecule has 116 valence electrons. The first-order valence-electron chi connectivity index (χ1n) is 7.29. The van der Waals surface area contributed by atoms with Crippen LogP contribution in [0.5, 0.6) is 0 Å². The Labute approximate surface area is 138 Å². The number of nitrogen functional groups attached to an aromatic ring is 1. The fourth-order valence-corrected chi connectivity index (χ4v) is 3.78. The lowest BCUT2D eigenvalue weighted by molar-refractivity contribution is 0.350. The number of thiophene rings is 1. The molecule has 0 amide bonds. The number of anilines is 1. The molecule has 1 atom stereocenters. The number of nitriles is 1. The van der Waals surface area contributed by atoms with Gasteiger partial charge in [0.05, 0.1) is 0 Å². The van der Waals surface area contributed by atoms with Gasteiger partial charge in [0.25, 0.3) is 0 Å². The van der Waals surface area contributed by atoms with Crippen molar-refractivity contribution in [3.63, 3.8) is 0 Å². The van der Waals surface area contributed by atoms with Crippen LogP contribution in [0.2, 0.25) is 0 Å². The van der Waals surface area contributed by atoms with Crippen LogP contribution >= 0.6 is 11.3 Å². The molecule has 1 unspecified atom stereocenters. The Bertz CT molecular complexity index is 854. The molecule has 0 radical (unpaired) electrons. The quantitative estimate of drug-likeness (QED) is 0.687. The number of fused-ring (bicyclic) bond motifs is 1. The smallest absolute Gasteiger partial charge is 0.142 e. The zero-order chi connectivity index (χ0) is 16.4. The highest BCUT2D eigenvalue weighted by molar-refractivity contribution is 7.13. The maximum Gasteiger partial charge on any atom is 0.142 e. The van der Waals surface area contributed by atoms with Crippen molar-refractivity contribution in [3.8, 4) is 28.4 Å². The summed E-state index contributed by atoms with van der Waals surface area (Å²) in [5.74, 6) is 5.78. The monoisotopic (exact) mass is 324 g/mol. The second-order valence-electron chi connectivity index (χ2n) is 5.45. The van der Waals surface area contributed by atoms with Crippen LogP contribution in [0.25, 0.3) is 10.4 Å². The molecule has 0 fully saturated rings. The van der Waals surface area contributed by atoms with Gasteiger partial charge in [-0.1, -0.05) is 11.8 Å². The topological polar surface area (TPSA) is 109 Å². The molecule has 0 saturated carbocycles. The number of nitrogens with two attached hydrogens (primary N) is 2. The van der Waals surface area contributed by atoms with Gasteiger partial charge >= 0.3 is 0 Å². The van der Waals surface area contributed by atoms with Gasteiger partial charge in [-0.05, 0) is 30.9 Å². The Morgan fingerprint density at radius 2 is 2.30 bits per heavy atom. The molecule has 0 bridgehead atoms. The molecule has 0 aliphatic heterocycles. The summed E-state index contributed by atoms with van der Waals surface area (Å²) in [7, 11) is 0. The van der Waals surface area contributed by atoms with Crippen molar-refractivity contribution >= 4 is 17.2 Å². The van der Waals surface area contributed by atoms with Gasteiger partial charge in [0.1, 0.15) is 24.1 Å².